The third kappa shape index (κ3) is 3.43. The van der Waals surface area contributed by atoms with Crippen LogP contribution in [0.15, 0.2) is 41.4 Å². The fourth-order valence-corrected chi connectivity index (χ4v) is 4.38. The number of imidazole rings is 1. The molecular weight excluding hydrogens is 368 g/mol. The van der Waals surface area contributed by atoms with Gasteiger partial charge in [0.2, 0.25) is 0 Å². The number of rotatable bonds is 5. The van der Waals surface area contributed by atoms with Crippen molar-refractivity contribution in [1.29, 1.82) is 0 Å². The molecule has 8 nitrogen and oxygen atoms in total. The van der Waals surface area contributed by atoms with Crippen molar-refractivity contribution in [2.45, 2.75) is 37.5 Å². The smallest absolute Gasteiger partial charge is 0.289 e. The van der Waals surface area contributed by atoms with Gasteiger partial charge in [0.1, 0.15) is 0 Å². The van der Waals surface area contributed by atoms with Crippen molar-refractivity contribution in [3.8, 4) is 11.5 Å². The van der Waals surface area contributed by atoms with Crippen LogP contribution in [-0.4, -0.2) is 48.6 Å². The lowest BCUT2D eigenvalue weighted by molar-refractivity contribution is 0.0591. The molecule has 150 valence electrons. The lowest BCUT2D eigenvalue weighted by atomic mass is 9.74. The van der Waals surface area contributed by atoms with Crippen molar-refractivity contribution in [2.24, 2.45) is 13.0 Å². The van der Waals surface area contributed by atoms with Crippen molar-refractivity contribution in [2.75, 3.05) is 13.1 Å². The number of nitrogens with zero attached hydrogens (tertiary/aromatic N) is 6. The number of aromatic nitrogens is 5. The highest BCUT2D eigenvalue weighted by molar-refractivity contribution is 5.91. The topological polar surface area (TPSA) is 89.9 Å². The van der Waals surface area contributed by atoms with Crippen molar-refractivity contribution in [3.63, 3.8) is 0 Å². The van der Waals surface area contributed by atoms with E-state index >= 15 is 0 Å². The molecule has 1 aliphatic heterocycles. The van der Waals surface area contributed by atoms with Crippen molar-refractivity contribution >= 4 is 5.91 Å². The van der Waals surface area contributed by atoms with Gasteiger partial charge in [-0.15, -0.1) is 0 Å². The van der Waals surface area contributed by atoms with Gasteiger partial charge in [-0.3, -0.25) is 9.78 Å². The zero-order valence-corrected chi connectivity index (χ0v) is 16.5. The van der Waals surface area contributed by atoms with E-state index in [0.29, 0.717) is 30.0 Å². The van der Waals surface area contributed by atoms with Gasteiger partial charge >= 0.3 is 0 Å². The number of aryl methyl sites for hydroxylation is 1. The molecule has 1 saturated heterocycles. The number of carbonyl (C=O) groups is 1. The molecule has 1 unspecified atom stereocenters. The molecule has 3 aromatic heterocycles. The fraction of sp³-hybridized carbons (Fsp3) is 0.476. The van der Waals surface area contributed by atoms with Crippen LogP contribution >= 0.6 is 0 Å². The Morgan fingerprint density at radius 1 is 1.28 bits per heavy atom. The monoisotopic (exact) mass is 392 g/mol. The summed E-state index contributed by atoms with van der Waals surface area (Å²) in [6.07, 6.45) is 12.2. The molecule has 4 heterocycles. The lowest BCUT2D eigenvalue weighted by Gasteiger charge is -2.41. The summed E-state index contributed by atoms with van der Waals surface area (Å²) < 4.78 is 7.38. The molecule has 1 amide bonds. The Morgan fingerprint density at radius 3 is 2.83 bits per heavy atom. The van der Waals surface area contributed by atoms with Crippen molar-refractivity contribution < 1.29 is 9.32 Å². The summed E-state index contributed by atoms with van der Waals surface area (Å²) in [6, 6.07) is 3.73. The molecule has 8 heteroatoms. The molecule has 2 fully saturated rings. The number of amides is 1. The second kappa shape index (κ2) is 7.09. The maximum absolute atomic E-state index is 13.1. The molecule has 0 aromatic carbocycles. The molecule has 0 spiro atoms. The first-order valence-corrected chi connectivity index (χ1v) is 10.2. The highest BCUT2D eigenvalue weighted by Crippen LogP contribution is 2.46. The fourth-order valence-electron chi connectivity index (χ4n) is 4.38. The second-order valence-electron chi connectivity index (χ2n) is 8.28. The van der Waals surface area contributed by atoms with E-state index in [0.717, 1.165) is 31.4 Å². The van der Waals surface area contributed by atoms with E-state index in [1.165, 1.54) is 12.8 Å². The van der Waals surface area contributed by atoms with Crippen LogP contribution in [0.3, 0.4) is 0 Å². The molecule has 1 atom stereocenters. The summed E-state index contributed by atoms with van der Waals surface area (Å²) in [5.41, 5.74) is 0.590. The standard InChI is InChI=1S/C21H24N6O2/c1-26-12-10-23-17(26)19(28)27-11-2-7-21(14-27,13-15-3-4-15)20-24-18(29-25-20)16-5-8-22-9-6-16/h5-6,8-10,12,15H,2-4,7,11,13-14H2,1H3. The quantitative estimate of drug-likeness (QED) is 0.663. The van der Waals surface area contributed by atoms with Crippen LogP contribution in [0, 0.1) is 5.92 Å². The average molecular weight is 392 g/mol. The Hall–Kier alpha value is -3.03. The van der Waals surface area contributed by atoms with Gasteiger partial charge in [-0.05, 0) is 37.3 Å². The van der Waals surface area contributed by atoms with Gasteiger partial charge in [-0.2, -0.15) is 4.98 Å². The summed E-state index contributed by atoms with van der Waals surface area (Å²) >= 11 is 0. The van der Waals surface area contributed by atoms with E-state index in [2.05, 4.69) is 15.1 Å². The Kier molecular flexibility index (Phi) is 4.41. The van der Waals surface area contributed by atoms with Gasteiger partial charge in [0, 0.05) is 50.5 Å². The number of likely N-dealkylation sites (tertiary alicyclic amines) is 1. The van der Waals surface area contributed by atoms with Crippen LogP contribution in [0.2, 0.25) is 0 Å². The zero-order chi connectivity index (χ0) is 19.8. The first kappa shape index (κ1) is 18.0. The van der Waals surface area contributed by atoms with E-state index in [1.807, 2.05) is 24.1 Å². The maximum atomic E-state index is 13.1. The van der Waals surface area contributed by atoms with Gasteiger partial charge < -0.3 is 14.0 Å². The minimum absolute atomic E-state index is 0.0322. The first-order valence-electron chi connectivity index (χ1n) is 10.2. The Bertz CT molecular complexity index is 1010. The van der Waals surface area contributed by atoms with Crippen molar-refractivity contribution in [3.05, 3.63) is 48.6 Å². The highest BCUT2D eigenvalue weighted by Gasteiger charge is 2.46. The molecular formula is C21H24N6O2. The number of carbonyl (C=O) groups excluding carboxylic acids is 1. The molecule has 2 aliphatic rings. The Balaban J connectivity index is 1.46. The van der Waals surface area contributed by atoms with Crippen LogP contribution in [-0.2, 0) is 12.5 Å². The van der Waals surface area contributed by atoms with E-state index in [9.17, 15) is 4.79 Å². The Labute approximate surface area is 169 Å². The molecule has 0 N–H and O–H groups in total. The van der Waals surface area contributed by atoms with E-state index in [4.69, 9.17) is 9.51 Å². The van der Waals surface area contributed by atoms with Gasteiger partial charge in [0.05, 0.1) is 5.41 Å². The molecule has 3 aromatic rings. The molecule has 0 bridgehead atoms. The summed E-state index contributed by atoms with van der Waals surface area (Å²) in [6.45, 7) is 1.33. The summed E-state index contributed by atoms with van der Waals surface area (Å²) in [4.78, 5) is 28.1. The second-order valence-corrected chi connectivity index (χ2v) is 8.28. The zero-order valence-electron chi connectivity index (χ0n) is 16.5. The molecule has 1 aliphatic carbocycles. The average Bonchev–Trinajstić information content (AvgIpc) is 3.24. The lowest BCUT2D eigenvalue weighted by Crippen LogP contribution is -2.49. The van der Waals surface area contributed by atoms with Crippen molar-refractivity contribution in [1.82, 2.24) is 29.6 Å². The van der Waals surface area contributed by atoms with Crippen LogP contribution in [0.5, 0.6) is 0 Å². The van der Waals surface area contributed by atoms with E-state index in [1.54, 1.807) is 29.4 Å². The number of piperidine rings is 1. The van der Waals surface area contributed by atoms with Crippen LogP contribution < -0.4 is 0 Å². The highest BCUT2D eigenvalue weighted by atomic mass is 16.5. The van der Waals surface area contributed by atoms with Gasteiger partial charge in [0.25, 0.3) is 11.8 Å². The number of hydrogen-bond donors (Lipinski definition) is 0. The summed E-state index contributed by atoms with van der Waals surface area (Å²) in [7, 11) is 1.85. The van der Waals surface area contributed by atoms with Gasteiger partial charge in [0.15, 0.2) is 11.6 Å². The number of pyridine rings is 1. The largest absolute Gasteiger partial charge is 0.335 e. The van der Waals surface area contributed by atoms with E-state index in [-0.39, 0.29) is 11.3 Å². The molecule has 1 saturated carbocycles. The maximum Gasteiger partial charge on any atom is 0.289 e. The Morgan fingerprint density at radius 2 is 2.10 bits per heavy atom. The molecule has 0 radical (unpaired) electrons. The summed E-state index contributed by atoms with van der Waals surface area (Å²) in [5, 5.41) is 4.38. The molecule has 5 rings (SSSR count). The summed E-state index contributed by atoms with van der Waals surface area (Å²) in [5.74, 6) is 2.34. The minimum Gasteiger partial charge on any atom is -0.335 e. The van der Waals surface area contributed by atoms with Crippen LogP contribution in [0.4, 0.5) is 0 Å². The normalized spacial score (nSPS) is 22.0. The minimum atomic E-state index is -0.269. The van der Waals surface area contributed by atoms with Crippen LogP contribution in [0.1, 0.15) is 48.5 Å². The third-order valence-corrected chi connectivity index (χ3v) is 6.08. The molecule has 29 heavy (non-hydrogen) atoms. The predicted molar refractivity (Wildman–Crippen MR) is 105 cm³/mol. The number of hydrogen-bond acceptors (Lipinski definition) is 6. The SMILES string of the molecule is Cn1ccnc1C(=O)N1CCCC(CC2CC2)(c2noc(-c3ccncc3)n2)C1. The van der Waals surface area contributed by atoms with E-state index < -0.39 is 0 Å². The third-order valence-electron chi connectivity index (χ3n) is 6.08. The van der Waals surface area contributed by atoms with Gasteiger partial charge in [-0.1, -0.05) is 18.0 Å². The van der Waals surface area contributed by atoms with Gasteiger partial charge in [-0.25, -0.2) is 4.98 Å². The van der Waals surface area contributed by atoms with Crippen LogP contribution in [0.25, 0.3) is 11.5 Å². The first-order chi connectivity index (χ1) is 14.1. The predicted octanol–water partition coefficient (Wildman–Crippen LogP) is 2.84.